The molecule has 0 unspecified atom stereocenters. The topological polar surface area (TPSA) is 26.3 Å². The van der Waals surface area contributed by atoms with Gasteiger partial charge < -0.3 is 4.74 Å². The van der Waals surface area contributed by atoms with Crippen LogP contribution in [0.2, 0.25) is 0 Å². The van der Waals surface area contributed by atoms with Gasteiger partial charge in [0.05, 0.1) is 12.5 Å². The SMILES string of the molecule is CCOC(=O)C1CC(Cc2ccccc2)C1. The zero-order valence-corrected chi connectivity index (χ0v) is 9.69. The van der Waals surface area contributed by atoms with Crippen LogP contribution in [0.4, 0.5) is 0 Å². The van der Waals surface area contributed by atoms with E-state index in [9.17, 15) is 4.79 Å². The maximum atomic E-state index is 11.4. The molecule has 0 atom stereocenters. The van der Waals surface area contributed by atoms with Crippen molar-refractivity contribution in [2.75, 3.05) is 6.61 Å². The molecule has 1 aromatic rings. The fourth-order valence-corrected chi connectivity index (χ4v) is 2.30. The number of hydrogen-bond acceptors (Lipinski definition) is 2. The standard InChI is InChI=1S/C14H18O2/c1-2-16-14(15)13-9-12(10-13)8-11-6-4-3-5-7-11/h3-7,12-13H,2,8-10H2,1H3. The Hall–Kier alpha value is -1.31. The summed E-state index contributed by atoms with van der Waals surface area (Å²) in [6.45, 7) is 2.36. The molecule has 0 amide bonds. The molecule has 1 aromatic carbocycles. The van der Waals surface area contributed by atoms with Crippen LogP contribution in [0.3, 0.4) is 0 Å². The van der Waals surface area contributed by atoms with Crippen LogP contribution < -0.4 is 0 Å². The molecule has 1 aliphatic rings. The molecule has 1 aliphatic carbocycles. The first-order chi connectivity index (χ1) is 7.79. The molecule has 2 heteroatoms. The van der Waals surface area contributed by atoms with Crippen molar-refractivity contribution in [2.45, 2.75) is 26.2 Å². The first-order valence-electron chi connectivity index (χ1n) is 6.00. The number of carbonyl (C=O) groups excluding carboxylic acids is 1. The van der Waals surface area contributed by atoms with Gasteiger partial charge in [-0.25, -0.2) is 0 Å². The zero-order chi connectivity index (χ0) is 11.4. The highest BCUT2D eigenvalue weighted by Crippen LogP contribution is 2.36. The van der Waals surface area contributed by atoms with Crippen molar-refractivity contribution in [3.63, 3.8) is 0 Å². The maximum Gasteiger partial charge on any atom is 0.308 e. The lowest BCUT2D eigenvalue weighted by molar-refractivity contribution is -0.152. The second kappa shape index (κ2) is 5.15. The number of esters is 1. The van der Waals surface area contributed by atoms with Gasteiger partial charge in [-0.1, -0.05) is 30.3 Å². The zero-order valence-electron chi connectivity index (χ0n) is 9.69. The smallest absolute Gasteiger partial charge is 0.308 e. The Balaban J connectivity index is 1.75. The third kappa shape index (κ3) is 2.63. The summed E-state index contributed by atoms with van der Waals surface area (Å²) in [4.78, 5) is 11.4. The van der Waals surface area contributed by atoms with Crippen LogP contribution in [0.25, 0.3) is 0 Å². The fraction of sp³-hybridized carbons (Fsp3) is 0.500. The van der Waals surface area contributed by atoms with E-state index in [1.54, 1.807) is 0 Å². The molecule has 0 aliphatic heterocycles. The van der Waals surface area contributed by atoms with Gasteiger partial charge in [0.2, 0.25) is 0 Å². The molecule has 0 radical (unpaired) electrons. The average molecular weight is 218 g/mol. The van der Waals surface area contributed by atoms with Crippen molar-refractivity contribution in [2.24, 2.45) is 11.8 Å². The molecule has 0 aromatic heterocycles. The highest BCUT2D eigenvalue weighted by molar-refractivity contribution is 5.73. The van der Waals surface area contributed by atoms with Crippen molar-refractivity contribution in [3.05, 3.63) is 35.9 Å². The lowest BCUT2D eigenvalue weighted by atomic mass is 9.72. The Morgan fingerprint density at radius 2 is 2.00 bits per heavy atom. The number of benzene rings is 1. The van der Waals surface area contributed by atoms with Crippen molar-refractivity contribution in [1.82, 2.24) is 0 Å². The Kier molecular flexibility index (Phi) is 3.60. The molecule has 2 rings (SSSR count). The molecular formula is C14H18O2. The average Bonchev–Trinajstić information content (AvgIpc) is 2.24. The minimum Gasteiger partial charge on any atom is -0.466 e. The number of hydrogen-bond donors (Lipinski definition) is 0. The van der Waals surface area contributed by atoms with Gasteiger partial charge in [-0.15, -0.1) is 0 Å². The fourth-order valence-electron chi connectivity index (χ4n) is 2.30. The van der Waals surface area contributed by atoms with Crippen molar-refractivity contribution in [1.29, 1.82) is 0 Å². The molecule has 86 valence electrons. The van der Waals surface area contributed by atoms with Gasteiger partial charge in [0, 0.05) is 0 Å². The molecule has 1 fully saturated rings. The van der Waals surface area contributed by atoms with E-state index < -0.39 is 0 Å². The van der Waals surface area contributed by atoms with E-state index in [0.29, 0.717) is 12.5 Å². The van der Waals surface area contributed by atoms with E-state index in [1.807, 2.05) is 13.0 Å². The first kappa shape index (κ1) is 11.2. The molecule has 0 bridgehead atoms. The third-order valence-electron chi connectivity index (χ3n) is 3.22. The van der Waals surface area contributed by atoms with E-state index in [0.717, 1.165) is 19.3 Å². The maximum absolute atomic E-state index is 11.4. The van der Waals surface area contributed by atoms with Crippen LogP contribution in [0.1, 0.15) is 25.3 Å². The predicted molar refractivity (Wildman–Crippen MR) is 63.0 cm³/mol. The predicted octanol–water partition coefficient (Wildman–Crippen LogP) is 2.82. The molecule has 1 saturated carbocycles. The Morgan fingerprint density at radius 1 is 1.31 bits per heavy atom. The van der Waals surface area contributed by atoms with E-state index in [4.69, 9.17) is 4.74 Å². The van der Waals surface area contributed by atoms with Crippen LogP contribution in [-0.2, 0) is 16.0 Å². The summed E-state index contributed by atoms with van der Waals surface area (Å²) in [7, 11) is 0. The summed E-state index contributed by atoms with van der Waals surface area (Å²) >= 11 is 0. The van der Waals surface area contributed by atoms with E-state index in [-0.39, 0.29) is 11.9 Å². The van der Waals surface area contributed by atoms with E-state index in [2.05, 4.69) is 24.3 Å². The Bertz CT molecular complexity index is 339. The lowest BCUT2D eigenvalue weighted by Gasteiger charge is -2.33. The van der Waals surface area contributed by atoms with Crippen LogP contribution in [0, 0.1) is 11.8 Å². The molecule has 16 heavy (non-hydrogen) atoms. The summed E-state index contributed by atoms with van der Waals surface area (Å²) in [6.07, 6.45) is 3.08. The van der Waals surface area contributed by atoms with Crippen LogP contribution in [0.15, 0.2) is 30.3 Å². The molecule has 0 saturated heterocycles. The van der Waals surface area contributed by atoms with Crippen LogP contribution in [-0.4, -0.2) is 12.6 Å². The van der Waals surface area contributed by atoms with Crippen LogP contribution in [0.5, 0.6) is 0 Å². The molecular weight excluding hydrogens is 200 g/mol. The minimum absolute atomic E-state index is 0.00758. The van der Waals surface area contributed by atoms with E-state index in [1.165, 1.54) is 5.56 Å². The monoisotopic (exact) mass is 218 g/mol. The van der Waals surface area contributed by atoms with Gasteiger partial charge in [0.1, 0.15) is 0 Å². The Morgan fingerprint density at radius 3 is 2.62 bits per heavy atom. The van der Waals surface area contributed by atoms with Crippen LogP contribution >= 0.6 is 0 Å². The highest BCUT2D eigenvalue weighted by atomic mass is 16.5. The van der Waals surface area contributed by atoms with Gasteiger partial charge in [-0.3, -0.25) is 4.79 Å². The van der Waals surface area contributed by atoms with Gasteiger partial charge in [0.25, 0.3) is 0 Å². The highest BCUT2D eigenvalue weighted by Gasteiger charge is 2.35. The van der Waals surface area contributed by atoms with Crippen molar-refractivity contribution >= 4 is 5.97 Å². The largest absolute Gasteiger partial charge is 0.466 e. The van der Waals surface area contributed by atoms with Crippen molar-refractivity contribution < 1.29 is 9.53 Å². The number of rotatable bonds is 4. The van der Waals surface area contributed by atoms with E-state index >= 15 is 0 Å². The summed E-state index contributed by atoms with van der Waals surface area (Å²) in [5.74, 6) is 0.817. The molecule has 2 nitrogen and oxygen atoms in total. The van der Waals surface area contributed by atoms with Crippen molar-refractivity contribution in [3.8, 4) is 0 Å². The third-order valence-corrected chi connectivity index (χ3v) is 3.22. The molecule has 0 spiro atoms. The molecule has 0 heterocycles. The quantitative estimate of drug-likeness (QED) is 0.726. The Labute approximate surface area is 96.6 Å². The number of ether oxygens (including phenoxy) is 1. The van der Waals surface area contributed by atoms with Gasteiger partial charge in [-0.2, -0.15) is 0 Å². The number of carbonyl (C=O) groups is 1. The van der Waals surface area contributed by atoms with Gasteiger partial charge >= 0.3 is 5.97 Å². The summed E-state index contributed by atoms with van der Waals surface area (Å²) in [6, 6.07) is 10.5. The normalized spacial score (nSPS) is 23.6. The second-order valence-electron chi connectivity index (χ2n) is 4.48. The molecule has 0 N–H and O–H groups in total. The minimum atomic E-state index is -0.00758. The van der Waals surface area contributed by atoms with Gasteiger partial charge in [0.15, 0.2) is 0 Å². The summed E-state index contributed by atoms with van der Waals surface area (Å²) in [5, 5.41) is 0. The van der Waals surface area contributed by atoms with Gasteiger partial charge in [-0.05, 0) is 37.7 Å². The first-order valence-corrected chi connectivity index (χ1v) is 6.00. The summed E-state index contributed by atoms with van der Waals surface area (Å²) < 4.78 is 5.01. The second-order valence-corrected chi connectivity index (χ2v) is 4.48. The summed E-state index contributed by atoms with van der Waals surface area (Å²) in [5.41, 5.74) is 1.37. The lowest BCUT2D eigenvalue weighted by Crippen LogP contribution is -2.32.